The van der Waals surface area contributed by atoms with Gasteiger partial charge in [-0.25, -0.2) is 0 Å². The average Bonchev–Trinajstić information content (AvgIpc) is 2.69. The molecule has 1 fully saturated rings. The van der Waals surface area contributed by atoms with Gasteiger partial charge in [-0.15, -0.1) is 0 Å². The fraction of sp³-hybridized carbons (Fsp3) is 1.00. The zero-order chi connectivity index (χ0) is 10.4. The SMILES string of the molecule is CCCCC(N)C(CN)C1CCOC1. The van der Waals surface area contributed by atoms with Crippen LogP contribution in [0.4, 0.5) is 0 Å². The topological polar surface area (TPSA) is 61.3 Å². The van der Waals surface area contributed by atoms with Gasteiger partial charge in [-0.3, -0.25) is 0 Å². The van der Waals surface area contributed by atoms with Gasteiger partial charge in [0.25, 0.3) is 0 Å². The van der Waals surface area contributed by atoms with Crippen LogP contribution in [0, 0.1) is 11.8 Å². The van der Waals surface area contributed by atoms with Crippen molar-refractivity contribution in [1.29, 1.82) is 0 Å². The minimum atomic E-state index is 0.270. The third kappa shape index (κ3) is 3.23. The molecule has 0 aromatic carbocycles. The highest BCUT2D eigenvalue weighted by Gasteiger charge is 2.28. The Balaban J connectivity index is 2.34. The zero-order valence-corrected chi connectivity index (χ0v) is 9.24. The number of unbranched alkanes of at least 4 members (excludes halogenated alkanes) is 1. The van der Waals surface area contributed by atoms with Crippen molar-refractivity contribution in [3.63, 3.8) is 0 Å². The number of hydrogen-bond acceptors (Lipinski definition) is 3. The van der Waals surface area contributed by atoms with E-state index in [9.17, 15) is 0 Å². The highest BCUT2D eigenvalue weighted by atomic mass is 16.5. The molecule has 14 heavy (non-hydrogen) atoms. The van der Waals surface area contributed by atoms with E-state index < -0.39 is 0 Å². The van der Waals surface area contributed by atoms with E-state index in [0.717, 1.165) is 26.1 Å². The molecule has 4 N–H and O–H groups in total. The highest BCUT2D eigenvalue weighted by molar-refractivity contribution is 4.82. The van der Waals surface area contributed by atoms with Crippen molar-refractivity contribution in [3.8, 4) is 0 Å². The minimum absolute atomic E-state index is 0.270. The second kappa shape index (κ2) is 6.38. The molecule has 3 atom stereocenters. The molecule has 3 unspecified atom stereocenters. The predicted octanol–water partition coefficient (Wildman–Crippen LogP) is 1.12. The molecule has 84 valence electrons. The Kier molecular flexibility index (Phi) is 5.45. The lowest BCUT2D eigenvalue weighted by atomic mass is 9.84. The molecule has 0 radical (unpaired) electrons. The van der Waals surface area contributed by atoms with Gasteiger partial charge >= 0.3 is 0 Å². The summed E-state index contributed by atoms with van der Waals surface area (Å²) in [6, 6.07) is 0.270. The number of ether oxygens (including phenoxy) is 1. The first-order valence-corrected chi connectivity index (χ1v) is 5.83. The first kappa shape index (κ1) is 12.0. The van der Waals surface area contributed by atoms with Crippen LogP contribution >= 0.6 is 0 Å². The maximum Gasteiger partial charge on any atom is 0.0498 e. The van der Waals surface area contributed by atoms with Gasteiger partial charge in [0.05, 0.1) is 0 Å². The zero-order valence-electron chi connectivity index (χ0n) is 9.24. The Morgan fingerprint density at radius 1 is 1.50 bits per heavy atom. The van der Waals surface area contributed by atoms with Crippen LogP contribution < -0.4 is 11.5 Å². The molecule has 3 nitrogen and oxygen atoms in total. The fourth-order valence-corrected chi connectivity index (χ4v) is 2.26. The van der Waals surface area contributed by atoms with Gasteiger partial charge in [-0.2, -0.15) is 0 Å². The first-order valence-electron chi connectivity index (χ1n) is 5.83. The van der Waals surface area contributed by atoms with Crippen LogP contribution in [0.1, 0.15) is 32.6 Å². The van der Waals surface area contributed by atoms with E-state index in [4.69, 9.17) is 16.2 Å². The number of hydrogen-bond donors (Lipinski definition) is 2. The number of nitrogens with two attached hydrogens (primary N) is 2. The van der Waals surface area contributed by atoms with Crippen molar-refractivity contribution in [2.24, 2.45) is 23.3 Å². The van der Waals surface area contributed by atoms with Crippen LogP contribution in [-0.2, 0) is 4.74 Å². The van der Waals surface area contributed by atoms with E-state index in [1.54, 1.807) is 0 Å². The van der Waals surface area contributed by atoms with E-state index in [1.165, 1.54) is 12.8 Å². The maximum atomic E-state index is 6.16. The molecule has 0 aromatic rings. The van der Waals surface area contributed by atoms with Crippen LogP contribution in [0.25, 0.3) is 0 Å². The summed E-state index contributed by atoms with van der Waals surface area (Å²) in [5, 5.41) is 0. The summed E-state index contributed by atoms with van der Waals surface area (Å²) < 4.78 is 5.38. The second-order valence-electron chi connectivity index (χ2n) is 4.33. The van der Waals surface area contributed by atoms with Crippen molar-refractivity contribution in [2.45, 2.75) is 38.6 Å². The van der Waals surface area contributed by atoms with Crippen molar-refractivity contribution >= 4 is 0 Å². The summed E-state index contributed by atoms with van der Waals surface area (Å²) in [5.74, 6) is 1.07. The van der Waals surface area contributed by atoms with Gasteiger partial charge in [0.1, 0.15) is 0 Å². The smallest absolute Gasteiger partial charge is 0.0498 e. The van der Waals surface area contributed by atoms with Crippen molar-refractivity contribution in [1.82, 2.24) is 0 Å². The lowest BCUT2D eigenvalue weighted by molar-refractivity contribution is 0.165. The second-order valence-corrected chi connectivity index (χ2v) is 4.33. The van der Waals surface area contributed by atoms with Crippen molar-refractivity contribution < 1.29 is 4.74 Å². The molecule has 3 heteroatoms. The Morgan fingerprint density at radius 2 is 2.29 bits per heavy atom. The Morgan fingerprint density at radius 3 is 2.79 bits per heavy atom. The molecule has 1 rings (SSSR count). The summed E-state index contributed by atoms with van der Waals surface area (Å²) in [5.41, 5.74) is 11.9. The first-order chi connectivity index (χ1) is 6.79. The van der Waals surface area contributed by atoms with E-state index in [-0.39, 0.29) is 6.04 Å². The monoisotopic (exact) mass is 200 g/mol. The molecule has 0 amide bonds. The molecule has 1 saturated heterocycles. The number of rotatable bonds is 6. The summed E-state index contributed by atoms with van der Waals surface area (Å²) in [6.45, 7) is 4.66. The third-order valence-electron chi connectivity index (χ3n) is 3.28. The van der Waals surface area contributed by atoms with Gasteiger partial charge in [0.15, 0.2) is 0 Å². The van der Waals surface area contributed by atoms with Crippen LogP contribution in [-0.4, -0.2) is 25.8 Å². The summed E-state index contributed by atoms with van der Waals surface area (Å²) in [6.07, 6.45) is 4.67. The van der Waals surface area contributed by atoms with Crippen molar-refractivity contribution in [2.75, 3.05) is 19.8 Å². The Bertz CT molecular complexity index is 146. The summed E-state index contributed by atoms with van der Waals surface area (Å²) >= 11 is 0. The fourth-order valence-electron chi connectivity index (χ4n) is 2.26. The van der Waals surface area contributed by atoms with E-state index in [1.807, 2.05) is 0 Å². The summed E-state index contributed by atoms with van der Waals surface area (Å²) in [4.78, 5) is 0. The van der Waals surface area contributed by atoms with Crippen LogP contribution in [0.15, 0.2) is 0 Å². The molecule has 1 heterocycles. The molecule has 1 aliphatic rings. The third-order valence-corrected chi connectivity index (χ3v) is 3.28. The molecule has 1 aliphatic heterocycles. The highest BCUT2D eigenvalue weighted by Crippen LogP contribution is 2.25. The largest absolute Gasteiger partial charge is 0.381 e. The molecule has 0 saturated carbocycles. The van der Waals surface area contributed by atoms with Gasteiger partial charge < -0.3 is 16.2 Å². The van der Waals surface area contributed by atoms with Crippen LogP contribution in [0.2, 0.25) is 0 Å². The van der Waals surface area contributed by atoms with Gasteiger partial charge in [-0.05, 0) is 31.2 Å². The lowest BCUT2D eigenvalue weighted by Gasteiger charge is -2.27. The van der Waals surface area contributed by atoms with Gasteiger partial charge in [-0.1, -0.05) is 19.8 Å². The maximum absolute atomic E-state index is 6.16. The van der Waals surface area contributed by atoms with E-state index in [2.05, 4.69) is 6.92 Å². The Hall–Kier alpha value is -0.120. The molecule has 0 spiro atoms. The van der Waals surface area contributed by atoms with Gasteiger partial charge in [0.2, 0.25) is 0 Å². The minimum Gasteiger partial charge on any atom is -0.381 e. The molecule has 0 bridgehead atoms. The summed E-state index contributed by atoms with van der Waals surface area (Å²) in [7, 11) is 0. The molecular weight excluding hydrogens is 176 g/mol. The van der Waals surface area contributed by atoms with Crippen LogP contribution in [0.3, 0.4) is 0 Å². The van der Waals surface area contributed by atoms with E-state index in [0.29, 0.717) is 18.4 Å². The molecular formula is C11H24N2O. The van der Waals surface area contributed by atoms with Gasteiger partial charge in [0, 0.05) is 19.3 Å². The standard InChI is InChI=1S/C11H24N2O/c1-2-3-4-11(13)10(7-12)9-5-6-14-8-9/h9-11H,2-8,12-13H2,1H3. The van der Waals surface area contributed by atoms with Crippen LogP contribution in [0.5, 0.6) is 0 Å². The predicted molar refractivity (Wildman–Crippen MR) is 59.0 cm³/mol. The van der Waals surface area contributed by atoms with E-state index >= 15 is 0 Å². The molecule has 0 aliphatic carbocycles. The lowest BCUT2D eigenvalue weighted by Crippen LogP contribution is -2.40. The Labute approximate surface area is 87.2 Å². The quantitative estimate of drug-likeness (QED) is 0.675. The van der Waals surface area contributed by atoms with Crippen molar-refractivity contribution in [3.05, 3.63) is 0 Å². The average molecular weight is 200 g/mol. The molecule has 0 aromatic heterocycles. The normalized spacial score (nSPS) is 26.4.